The number of nitrogens with zero attached hydrogens (tertiary/aromatic N) is 1. The summed E-state index contributed by atoms with van der Waals surface area (Å²) in [4.78, 5) is 15.0. The number of aldehydes is 1. The summed E-state index contributed by atoms with van der Waals surface area (Å²) in [5.41, 5.74) is 0.830. The second-order valence-corrected chi connectivity index (χ2v) is 5.45. The summed E-state index contributed by atoms with van der Waals surface area (Å²) >= 11 is 5.75. The smallest absolute Gasteiger partial charge is 0.153 e. The van der Waals surface area contributed by atoms with Crippen LogP contribution in [0.1, 0.15) is 10.4 Å². The fraction of sp³-hybridized carbons (Fsp3) is 0. The zero-order valence-electron chi connectivity index (χ0n) is 12.3. The number of carbonyl (C=O) groups is 1. The average molecular weight is 345 g/mol. The molecule has 0 radical (unpaired) electrons. The van der Waals surface area contributed by atoms with Gasteiger partial charge in [-0.2, -0.15) is 0 Å². The lowest BCUT2D eigenvalue weighted by Crippen LogP contribution is -2.03. The second kappa shape index (κ2) is 6.76. The maximum Gasteiger partial charge on any atom is 0.153 e. The molecule has 0 aliphatic rings. The molecule has 0 saturated heterocycles. The van der Waals surface area contributed by atoms with Crippen molar-refractivity contribution in [3.05, 3.63) is 76.9 Å². The van der Waals surface area contributed by atoms with Crippen molar-refractivity contribution >= 4 is 29.4 Å². The summed E-state index contributed by atoms with van der Waals surface area (Å²) in [6.07, 6.45) is 1.79. The maximum atomic E-state index is 14.4. The number of hydrogen-bond acceptors (Lipinski definition) is 3. The summed E-state index contributed by atoms with van der Waals surface area (Å²) < 4.78 is 28.7. The zero-order chi connectivity index (χ0) is 17.1. The van der Waals surface area contributed by atoms with Gasteiger partial charge in [0.15, 0.2) is 6.29 Å². The molecule has 0 unspecified atom stereocenters. The van der Waals surface area contributed by atoms with E-state index in [1.807, 2.05) is 6.07 Å². The Labute approximate surface area is 141 Å². The lowest BCUT2D eigenvalue weighted by atomic mass is 10.0. The van der Waals surface area contributed by atoms with Crippen LogP contribution in [0.4, 0.5) is 20.3 Å². The predicted molar refractivity (Wildman–Crippen MR) is 89.7 cm³/mol. The molecular weight excluding hydrogens is 334 g/mol. The van der Waals surface area contributed by atoms with E-state index in [1.165, 1.54) is 24.4 Å². The number of benzene rings is 2. The first-order valence-electron chi connectivity index (χ1n) is 7.00. The molecule has 2 aromatic carbocycles. The van der Waals surface area contributed by atoms with Crippen molar-refractivity contribution in [1.29, 1.82) is 0 Å². The molecule has 0 aliphatic heterocycles. The molecule has 1 N–H and O–H groups in total. The molecule has 3 rings (SSSR count). The molecule has 24 heavy (non-hydrogen) atoms. The first-order valence-corrected chi connectivity index (χ1v) is 7.38. The Morgan fingerprint density at radius 3 is 2.29 bits per heavy atom. The van der Waals surface area contributed by atoms with Crippen molar-refractivity contribution in [3.63, 3.8) is 0 Å². The fourth-order valence-electron chi connectivity index (χ4n) is 2.26. The van der Waals surface area contributed by atoms with Crippen LogP contribution in [0.5, 0.6) is 0 Å². The minimum atomic E-state index is -0.789. The minimum absolute atomic E-state index is 0.0275. The summed E-state index contributed by atoms with van der Waals surface area (Å²) in [7, 11) is 0. The van der Waals surface area contributed by atoms with Crippen molar-refractivity contribution < 1.29 is 13.6 Å². The number of nitrogens with one attached hydrogen (secondary N) is 1. The lowest BCUT2D eigenvalue weighted by molar-refractivity contribution is 0.112. The predicted octanol–water partition coefficient (Wildman–Crippen LogP) is 5.24. The summed E-state index contributed by atoms with van der Waals surface area (Å²) in [5, 5.41) is 2.77. The molecule has 0 atom stereocenters. The Balaban J connectivity index is 2.00. The molecule has 1 heterocycles. The molecule has 3 aromatic rings. The third kappa shape index (κ3) is 3.26. The molecule has 0 aliphatic carbocycles. The monoisotopic (exact) mass is 344 g/mol. The molecular formula is C18H11ClF2N2O. The number of hydrogen-bond donors (Lipinski definition) is 1. The van der Waals surface area contributed by atoms with E-state index in [0.717, 1.165) is 0 Å². The third-order valence-electron chi connectivity index (χ3n) is 3.40. The van der Waals surface area contributed by atoms with Gasteiger partial charge in [-0.15, -0.1) is 0 Å². The minimum Gasteiger partial charge on any atom is -0.335 e. The molecule has 120 valence electrons. The van der Waals surface area contributed by atoms with Gasteiger partial charge in [-0.3, -0.25) is 4.79 Å². The molecule has 1 aromatic heterocycles. The SMILES string of the molecule is O=Cc1cc(Cl)cnc1Nc1c(F)cc(-c2ccccc2)cc1F. The lowest BCUT2D eigenvalue weighted by Gasteiger charge is -2.12. The average Bonchev–Trinajstić information content (AvgIpc) is 2.59. The Bertz CT molecular complexity index is 878. The number of rotatable bonds is 4. The van der Waals surface area contributed by atoms with Gasteiger partial charge in [0.25, 0.3) is 0 Å². The summed E-state index contributed by atoms with van der Waals surface area (Å²) in [6.45, 7) is 0. The van der Waals surface area contributed by atoms with Gasteiger partial charge in [-0.05, 0) is 29.3 Å². The quantitative estimate of drug-likeness (QED) is 0.658. The van der Waals surface area contributed by atoms with Gasteiger partial charge in [-0.25, -0.2) is 13.8 Å². The van der Waals surface area contributed by atoms with Crippen LogP contribution in [-0.2, 0) is 0 Å². The van der Waals surface area contributed by atoms with Crippen molar-refractivity contribution in [1.82, 2.24) is 4.98 Å². The summed E-state index contributed by atoms with van der Waals surface area (Å²) in [6, 6.07) is 12.7. The molecule has 0 bridgehead atoms. The van der Waals surface area contributed by atoms with Gasteiger partial charge in [-0.1, -0.05) is 41.9 Å². The van der Waals surface area contributed by atoms with E-state index >= 15 is 0 Å². The van der Waals surface area contributed by atoms with Crippen molar-refractivity contribution in [2.45, 2.75) is 0 Å². The van der Waals surface area contributed by atoms with E-state index in [4.69, 9.17) is 11.6 Å². The van der Waals surface area contributed by atoms with Crippen LogP contribution in [0.25, 0.3) is 11.1 Å². The number of halogens is 3. The van der Waals surface area contributed by atoms with Crippen molar-refractivity contribution in [3.8, 4) is 11.1 Å². The highest BCUT2D eigenvalue weighted by atomic mass is 35.5. The topological polar surface area (TPSA) is 42.0 Å². The Kier molecular flexibility index (Phi) is 4.53. The van der Waals surface area contributed by atoms with Gasteiger partial charge in [0.05, 0.1) is 10.6 Å². The molecule has 6 heteroatoms. The Hall–Kier alpha value is -2.79. The van der Waals surface area contributed by atoms with Crippen molar-refractivity contribution in [2.75, 3.05) is 5.32 Å². The molecule has 0 amide bonds. The van der Waals surface area contributed by atoms with E-state index in [9.17, 15) is 13.6 Å². The molecule has 3 nitrogen and oxygen atoms in total. The first kappa shape index (κ1) is 16.1. The number of carbonyl (C=O) groups excluding carboxylic acids is 1. The standard InChI is InChI=1S/C18H11ClF2N2O/c19-14-6-13(10-24)18(22-9-14)23-17-15(20)7-12(8-16(17)21)11-4-2-1-3-5-11/h1-10H,(H,22,23). The van der Waals surface area contributed by atoms with Gasteiger partial charge in [0, 0.05) is 6.20 Å². The largest absolute Gasteiger partial charge is 0.335 e. The van der Waals surface area contributed by atoms with Crippen molar-refractivity contribution in [2.24, 2.45) is 0 Å². The van der Waals surface area contributed by atoms with E-state index in [0.29, 0.717) is 17.4 Å². The van der Waals surface area contributed by atoms with Gasteiger partial charge < -0.3 is 5.32 Å². The highest BCUT2D eigenvalue weighted by Gasteiger charge is 2.15. The van der Waals surface area contributed by atoms with E-state index in [1.54, 1.807) is 24.3 Å². The van der Waals surface area contributed by atoms with Gasteiger partial charge in [0.2, 0.25) is 0 Å². The third-order valence-corrected chi connectivity index (χ3v) is 3.61. The Morgan fingerprint density at radius 1 is 1.00 bits per heavy atom. The van der Waals surface area contributed by atoms with E-state index < -0.39 is 11.6 Å². The van der Waals surface area contributed by atoms with Crippen LogP contribution in [0.15, 0.2) is 54.7 Å². The molecule has 0 saturated carbocycles. The maximum absolute atomic E-state index is 14.4. The molecule has 0 spiro atoms. The zero-order valence-corrected chi connectivity index (χ0v) is 13.0. The van der Waals surface area contributed by atoms with Crippen LogP contribution < -0.4 is 5.32 Å². The number of aromatic nitrogens is 1. The Morgan fingerprint density at radius 2 is 1.67 bits per heavy atom. The highest BCUT2D eigenvalue weighted by Crippen LogP contribution is 2.30. The van der Waals surface area contributed by atoms with Crippen LogP contribution in [0, 0.1) is 11.6 Å². The highest BCUT2D eigenvalue weighted by molar-refractivity contribution is 6.30. The fourth-order valence-corrected chi connectivity index (χ4v) is 2.42. The van der Waals surface area contributed by atoms with E-state index in [-0.39, 0.29) is 22.1 Å². The first-order chi connectivity index (χ1) is 11.6. The molecule has 0 fully saturated rings. The van der Waals surface area contributed by atoms with Gasteiger partial charge in [0.1, 0.15) is 23.1 Å². The number of pyridine rings is 1. The van der Waals surface area contributed by atoms with Crippen LogP contribution >= 0.6 is 11.6 Å². The van der Waals surface area contributed by atoms with Crippen LogP contribution in [0.3, 0.4) is 0 Å². The van der Waals surface area contributed by atoms with Crippen LogP contribution in [0.2, 0.25) is 5.02 Å². The summed E-state index contributed by atoms with van der Waals surface area (Å²) in [5.74, 6) is -1.55. The normalized spacial score (nSPS) is 10.5. The van der Waals surface area contributed by atoms with Gasteiger partial charge >= 0.3 is 0 Å². The number of anilines is 2. The van der Waals surface area contributed by atoms with E-state index in [2.05, 4.69) is 10.3 Å². The van der Waals surface area contributed by atoms with Crippen LogP contribution in [-0.4, -0.2) is 11.3 Å². The second-order valence-electron chi connectivity index (χ2n) is 5.02.